The van der Waals surface area contributed by atoms with E-state index in [1.807, 2.05) is 73.6 Å². The average molecular weight is 1280 g/mol. The SMILES string of the molecule is CCN(CC)C(=O)c1ccc2cccc([O-])c2n1.CCN(CC)C(=O)c1ccc2cccc([O-])c2n1.CCN(CC)C(=O)c1ccc2cccc([O-])c2n1.CCOCC.ClC(Cl)Cl.O=S(=O)([O-])C(F)(F)F.[Er+3].[K+]. The number of benzene rings is 3. The number of hydrogen-bond acceptors (Lipinski definition) is 13. The fourth-order valence-electron chi connectivity index (χ4n) is 5.94. The second-order valence-corrected chi connectivity index (χ2v) is 17.3. The van der Waals surface area contributed by atoms with Crippen LogP contribution in [0, 0.1) is 37.3 Å². The molecule has 73 heavy (non-hydrogen) atoms. The molecule has 1 radical (unpaired) electrons. The van der Waals surface area contributed by atoms with Gasteiger partial charge in [0.1, 0.15) is 17.1 Å². The van der Waals surface area contributed by atoms with Crippen LogP contribution in [-0.2, 0) is 14.9 Å². The summed E-state index contributed by atoms with van der Waals surface area (Å²) in [5.74, 6) is -0.856. The van der Waals surface area contributed by atoms with E-state index in [1.165, 1.54) is 18.2 Å². The predicted molar refractivity (Wildman–Crippen MR) is 265 cm³/mol. The van der Waals surface area contributed by atoms with Crippen molar-refractivity contribution in [2.75, 3.05) is 52.5 Å². The maximum absolute atomic E-state index is 12.1. The average Bonchev–Trinajstić information content (AvgIpc) is 3.33. The summed E-state index contributed by atoms with van der Waals surface area (Å²) in [6.45, 7) is 21.0. The van der Waals surface area contributed by atoms with Crippen molar-refractivity contribution in [2.45, 2.75) is 65.2 Å². The number of ether oxygens (including phenoxy) is 1. The standard InChI is InChI=1S/3C14H16N2O2.C4H10O.CHCl3.CHF3O3S.Er.K/c3*1-3-16(4-2)14(18)11-9-8-10-6-5-7-12(17)13(10)15-11;1-3-5-4-2;2-1(3)4;2-1(3,4)8(5,6)7;;/h3*5-9,17H,3-4H2,1-2H3;3-4H2,1-2H3;1H;(H,5,6,7);;/q;;;;;;+3;+1/p-4. The fraction of sp³-hybridized carbons (Fsp3) is 0.375. The molecule has 3 aromatic carbocycles. The summed E-state index contributed by atoms with van der Waals surface area (Å²) in [5, 5.41) is 37.3. The minimum absolute atomic E-state index is 0. The van der Waals surface area contributed by atoms with Crippen LogP contribution in [0.5, 0.6) is 17.2 Å². The van der Waals surface area contributed by atoms with E-state index in [1.54, 1.807) is 69.3 Å². The second-order valence-electron chi connectivity index (χ2n) is 13.9. The number of hydrogen-bond donors (Lipinski definition) is 0. The fourth-order valence-corrected chi connectivity index (χ4v) is 5.94. The molecule has 0 atom stereocenters. The first-order valence-corrected chi connectivity index (χ1v) is 24.7. The Bertz CT molecular complexity index is 2490. The molecule has 0 bridgehead atoms. The van der Waals surface area contributed by atoms with Crippen molar-refractivity contribution in [3.05, 3.63) is 108 Å². The molecule has 0 saturated carbocycles. The number of nitrogens with zero attached hydrogens (tertiary/aromatic N) is 6. The molecule has 0 saturated heterocycles. The van der Waals surface area contributed by atoms with Crippen LogP contribution in [-0.4, -0.2) is 123 Å². The summed E-state index contributed by atoms with van der Waals surface area (Å²) in [6.07, 6.45) is 0. The van der Waals surface area contributed by atoms with Gasteiger partial charge in [-0.25, -0.2) is 23.4 Å². The van der Waals surface area contributed by atoms with Gasteiger partial charge in [-0.1, -0.05) is 125 Å². The van der Waals surface area contributed by atoms with Gasteiger partial charge in [0, 0.05) is 52.5 Å². The molecule has 0 aliphatic rings. The summed E-state index contributed by atoms with van der Waals surface area (Å²) in [6, 6.07) is 25.2. The predicted octanol–water partition coefficient (Wildman–Crippen LogP) is 5.46. The number of carbonyl (C=O) groups excluding carboxylic acids is 3. The molecule has 6 aromatic rings. The Labute approximate surface area is 511 Å². The number of pyridine rings is 3. The smallest absolute Gasteiger partial charge is 0.871 e. The molecule has 3 aromatic heterocycles. The van der Waals surface area contributed by atoms with Crippen molar-refractivity contribution >= 4 is 95.4 Å². The van der Waals surface area contributed by atoms with Gasteiger partial charge in [-0.3, -0.25) is 14.4 Å². The molecule has 0 aliphatic carbocycles. The molecular formula is C48H56Cl3ErF3KN6O10S. The number of alkyl halides is 6. The Balaban J connectivity index is 0. The molecule has 3 amide bonds. The Morgan fingerprint density at radius 3 is 0.918 bits per heavy atom. The number of amides is 3. The molecular weight excluding hydrogens is 1220 g/mol. The monoisotopic (exact) mass is 1280 g/mol. The van der Waals surface area contributed by atoms with Gasteiger partial charge < -0.3 is 39.3 Å². The normalized spacial score (nSPS) is 10.4. The number of para-hydroxylation sites is 3. The van der Waals surface area contributed by atoms with E-state index in [4.69, 9.17) is 52.5 Å². The number of halogens is 6. The first-order valence-electron chi connectivity index (χ1n) is 22.0. The summed E-state index contributed by atoms with van der Waals surface area (Å²) in [4.78, 5) is 54.0. The molecule has 0 aliphatic heterocycles. The Hall–Kier alpha value is -2.89. The number of fused-ring (bicyclic) bond motifs is 3. The minimum Gasteiger partial charge on any atom is -0.871 e. The van der Waals surface area contributed by atoms with Crippen LogP contribution in [0.2, 0.25) is 0 Å². The molecule has 399 valence electrons. The maximum Gasteiger partial charge on any atom is 3.00 e. The van der Waals surface area contributed by atoms with E-state index in [0.717, 1.165) is 29.4 Å². The first kappa shape index (κ1) is 72.2. The van der Waals surface area contributed by atoms with Crippen LogP contribution in [0.4, 0.5) is 13.2 Å². The molecule has 6 rings (SSSR count). The van der Waals surface area contributed by atoms with Crippen molar-refractivity contribution in [3.63, 3.8) is 0 Å². The number of carbonyl (C=O) groups is 3. The van der Waals surface area contributed by atoms with Crippen molar-refractivity contribution in [3.8, 4) is 17.2 Å². The summed E-state index contributed by atoms with van der Waals surface area (Å²) in [5.41, 5.74) is -3.59. The van der Waals surface area contributed by atoms with Gasteiger partial charge in [0.05, 0.1) is 16.6 Å². The first-order chi connectivity index (χ1) is 33.4. The molecule has 0 spiro atoms. The largest absolute Gasteiger partial charge is 3.00 e. The number of aromatic nitrogens is 3. The summed E-state index contributed by atoms with van der Waals surface area (Å²) < 4.78 is 63.0. The van der Waals surface area contributed by atoms with E-state index in [2.05, 4.69) is 15.0 Å². The van der Waals surface area contributed by atoms with Crippen molar-refractivity contribution in [1.82, 2.24) is 29.7 Å². The zero-order chi connectivity index (χ0) is 54.1. The van der Waals surface area contributed by atoms with Crippen LogP contribution >= 0.6 is 34.8 Å². The van der Waals surface area contributed by atoms with Crippen molar-refractivity contribution < 1.29 is 149 Å². The van der Waals surface area contributed by atoms with Gasteiger partial charge in [0.25, 0.3) is 17.7 Å². The molecule has 16 nitrogen and oxygen atoms in total. The zero-order valence-electron chi connectivity index (χ0n) is 41.6. The third kappa shape index (κ3) is 24.3. The van der Waals surface area contributed by atoms with Crippen LogP contribution in [0.15, 0.2) is 91.0 Å². The zero-order valence-corrected chi connectivity index (χ0v) is 49.7. The van der Waals surface area contributed by atoms with Gasteiger partial charge in [-0.2, -0.15) is 13.2 Å². The van der Waals surface area contributed by atoms with Crippen LogP contribution < -0.4 is 66.7 Å². The minimum atomic E-state index is -6.09. The van der Waals surface area contributed by atoms with Gasteiger partial charge in [-0.05, 0) is 89.7 Å². The molecule has 3 heterocycles. The second kappa shape index (κ2) is 37.0. The Morgan fingerprint density at radius 1 is 0.534 bits per heavy atom. The van der Waals surface area contributed by atoms with Crippen LogP contribution in [0.1, 0.15) is 86.9 Å². The molecule has 0 N–H and O–H groups in total. The van der Waals surface area contributed by atoms with E-state index in [9.17, 15) is 42.9 Å². The van der Waals surface area contributed by atoms with E-state index in [0.29, 0.717) is 72.9 Å². The van der Waals surface area contributed by atoms with Gasteiger partial charge in [0.2, 0.25) is 0 Å². The Kier molecular flexibility index (Phi) is 36.6. The van der Waals surface area contributed by atoms with Crippen LogP contribution in [0.3, 0.4) is 0 Å². The third-order valence-electron chi connectivity index (χ3n) is 9.55. The van der Waals surface area contributed by atoms with Crippen molar-refractivity contribution in [1.29, 1.82) is 0 Å². The van der Waals surface area contributed by atoms with Gasteiger partial charge in [-0.15, -0.1) is 0 Å². The molecule has 0 fully saturated rings. The van der Waals surface area contributed by atoms with Crippen LogP contribution in [0.25, 0.3) is 32.7 Å². The van der Waals surface area contributed by atoms with Gasteiger partial charge >= 0.3 is 94.2 Å². The van der Waals surface area contributed by atoms with Gasteiger partial charge in [0.15, 0.2) is 14.4 Å². The number of rotatable bonds is 11. The Morgan fingerprint density at radius 2 is 0.753 bits per heavy atom. The maximum atomic E-state index is 12.1. The van der Waals surface area contributed by atoms with Crippen molar-refractivity contribution in [2.24, 2.45) is 0 Å². The quantitative estimate of drug-likeness (QED) is 0.0680. The van der Waals surface area contributed by atoms with E-state index < -0.39 is 19.9 Å². The molecule has 25 heteroatoms. The topological polar surface area (TPSA) is 235 Å². The molecule has 0 unspecified atom stereocenters. The summed E-state index contributed by atoms with van der Waals surface area (Å²) in [7, 11) is -6.09. The third-order valence-corrected chi connectivity index (χ3v) is 10.1. The van der Waals surface area contributed by atoms with E-state index >= 15 is 0 Å². The summed E-state index contributed by atoms with van der Waals surface area (Å²) >= 11 is 14.4. The van der Waals surface area contributed by atoms with E-state index in [-0.39, 0.29) is 124 Å².